The van der Waals surface area contributed by atoms with Gasteiger partial charge in [0.1, 0.15) is 0 Å². The van der Waals surface area contributed by atoms with Crippen LogP contribution in [-0.2, 0) is 10.0 Å². The third-order valence-corrected chi connectivity index (χ3v) is 4.03. The van der Waals surface area contributed by atoms with Crippen LogP contribution in [0.5, 0.6) is 0 Å². The van der Waals surface area contributed by atoms with Gasteiger partial charge in [-0.15, -0.1) is 0 Å². The van der Waals surface area contributed by atoms with Gasteiger partial charge in [0, 0.05) is 6.04 Å². The summed E-state index contributed by atoms with van der Waals surface area (Å²) in [5.74, 6) is 0.198. The molecular weight excluding hydrogens is 186 g/mol. The molecule has 78 valence electrons. The number of nitrogens with one attached hydrogen (secondary N) is 1. The minimum Gasteiger partial charge on any atom is -0.212 e. The van der Waals surface area contributed by atoms with Crippen LogP contribution in [0.15, 0.2) is 0 Å². The maximum Gasteiger partial charge on any atom is 0.211 e. The van der Waals surface area contributed by atoms with Crippen molar-refractivity contribution >= 4 is 10.0 Å². The zero-order valence-electron chi connectivity index (χ0n) is 8.25. The zero-order chi connectivity index (χ0) is 9.73. The number of rotatable bonds is 3. The fraction of sp³-hybridized carbons (Fsp3) is 1.00. The zero-order valence-corrected chi connectivity index (χ0v) is 9.07. The van der Waals surface area contributed by atoms with Gasteiger partial charge in [-0.3, -0.25) is 0 Å². The molecule has 0 aromatic carbocycles. The summed E-state index contributed by atoms with van der Waals surface area (Å²) in [7, 11) is -2.99. The average Bonchev–Trinajstić information content (AvgIpc) is 2.32. The van der Waals surface area contributed by atoms with Gasteiger partial charge < -0.3 is 0 Å². The third-order valence-electron chi connectivity index (χ3n) is 2.58. The Morgan fingerprint density at radius 2 is 1.69 bits per heavy atom. The van der Waals surface area contributed by atoms with E-state index in [0.717, 1.165) is 25.7 Å². The van der Waals surface area contributed by atoms with Crippen LogP contribution in [0.2, 0.25) is 0 Å². The van der Waals surface area contributed by atoms with Crippen molar-refractivity contribution in [2.45, 2.75) is 51.5 Å². The Kier molecular flexibility index (Phi) is 4.19. The predicted octanol–water partition coefficient (Wildman–Crippen LogP) is 1.65. The SMILES string of the molecule is CCS(=O)(=O)NC1CCCCCC1. The quantitative estimate of drug-likeness (QED) is 0.712. The molecule has 1 aliphatic rings. The Labute approximate surface area is 81.0 Å². The molecule has 13 heavy (non-hydrogen) atoms. The minimum absolute atomic E-state index is 0.198. The smallest absolute Gasteiger partial charge is 0.211 e. The molecule has 1 saturated carbocycles. The summed E-state index contributed by atoms with van der Waals surface area (Å²) in [5.41, 5.74) is 0. The van der Waals surface area contributed by atoms with Gasteiger partial charge in [-0.2, -0.15) is 0 Å². The van der Waals surface area contributed by atoms with Crippen LogP contribution in [0, 0.1) is 0 Å². The van der Waals surface area contributed by atoms with Crippen molar-refractivity contribution in [1.82, 2.24) is 4.72 Å². The molecule has 0 amide bonds. The van der Waals surface area contributed by atoms with Crippen LogP contribution in [0.3, 0.4) is 0 Å². The summed E-state index contributed by atoms with van der Waals surface area (Å²) in [4.78, 5) is 0. The predicted molar refractivity (Wildman–Crippen MR) is 54.1 cm³/mol. The molecule has 0 aliphatic heterocycles. The lowest BCUT2D eigenvalue weighted by Gasteiger charge is -2.15. The lowest BCUT2D eigenvalue weighted by atomic mass is 10.1. The molecular formula is C9H19NO2S. The molecule has 0 atom stereocenters. The molecule has 0 heterocycles. The van der Waals surface area contributed by atoms with Crippen LogP contribution in [0.1, 0.15) is 45.4 Å². The van der Waals surface area contributed by atoms with Gasteiger partial charge in [0.15, 0.2) is 0 Å². The van der Waals surface area contributed by atoms with Gasteiger partial charge in [-0.25, -0.2) is 13.1 Å². The van der Waals surface area contributed by atoms with Gasteiger partial charge in [-0.05, 0) is 19.8 Å². The Balaban J connectivity index is 2.42. The second-order valence-electron chi connectivity index (χ2n) is 3.71. The van der Waals surface area contributed by atoms with Crippen molar-refractivity contribution in [3.05, 3.63) is 0 Å². The van der Waals surface area contributed by atoms with Gasteiger partial charge in [0.25, 0.3) is 0 Å². The van der Waals surface area contributed by atoms with Crippen molar-refractivity contribution < 1.29 is 8.42 Å². The molecule has 1 fully saturated rings. The summed E-state index contributed by atoms with van der Waals surface area (Å²) in [6.45, 7) is 1.68. The Bertz CT molecular complexity index is 228. The first kappa shape index (κ1) is 11.0. The van der Waals surface area contributed by atoms with Crippen LogP contribution < -0.4 is 4.72 Å². The first-order valence-electron chi connectivity index (χ1n) is 5.14. The molecule has 1 N–H and O–H groups in total. The second-order valence-corrected chi connectivity index (χ2v) is 5.75. The maximum atomic E-state index is 11.3. The maximum absolute atomic E-state index is 11.3. The van der Waals surface area contributed by atoms with E-state index in [-0.39, 0.29) is 11.8 Å². The summed E-state index contributed by atoms with van der Waals surface area (Å²) in [6, 6.07) is 0.201. The van der Waals surface area contributed by atoms with Crippen LogP contribution in [0.25, 0.3) is 0 Å². The van der Waals surface area contributed by atoms with Crippen LogP contribution >= 0.6 is 0 Å². The Morgan fingerprint density at radius 3 is 2.15 bits per heavy atom. The van der Waals surface area contributed by atoms with Gasteiger partial charge in [0.05, 0.1) is 5.75 Å². The number of hydrogen-bond donors (Lipinski definition) is 1. The topological polar surface area (TPSA) is 46.2 Å². The van der Waals surface area contributed by atoms with Crippen molar-refractivity contribution in [2.24, 2.45) is 0 Å². The second kappa shape index (κ2) is 4.96. The fourth-order valence-corrected chi connectivity index (χ4v) is 2.64. The fourth-order valence-electron chi connectivity index (χ4n) is 1.73. The van der Waals surface area contributed by atoms with Crippen molar-refractivity contribution in [3.8, 4) is 0 Å². The molecule has 1 rings (SSSR count). The summed E-state index contributed by atoms with van der Waals surface area (Å²) in [5, 5.41) is 0. The average molecular weight is 205 g/mol. The van der Waals surface area contributed by atoms with Gasteiger partial charge in [0.2, 0.25) is 10.0 Å². The normalized spacial score (nSPS) is 21.3. The molecule has 0 aromatic heterocycles. The third kappa shape index (κ3) is 4.09. The highest BCUT2D eigenvalue weighted by atomic mass is 32.2. The van der Waals surface area contributed by atoms with Crippen molar-refractivity contribution in [3.63, 3.8) is 0 Å². The summed E-state index contributed by atoms with van der Waals surface area (Å²) in [6.07, 6.45) is 6.86. The molecule has 0 spiro atoms. The van der Waals surface area contributed by atoms with Crippen LogP contribution in [-0.4, -0.2) is 20.2 Å². The van der Waals surface area contributed by atoms with E-state index in [2.05, 4.69) is 4.72 Å². The Morgan fingerprint density at radius 1 is 1.15 bits per heavy atom. The van der Waals surface area contributed by atoms with E-state index in [1.54, 1.807) is 6.92 Å². The standard InChI is InChI=1S/C9H19NO2S/c1-2-13(11,12)10-9-7-5-3-4-6-8-9/h9-10H,2-8H2,1H3. The molecule has 3 nitrogen and oxygen atoms in total. The highest BCUT2D eigenvalue weighted by Crippen LogP contribution is 2.17. The first-order valence-corrected chi connectivity index (χ1v) is 6.79. The lowest BCUT2D eigenvalue weighted by molar-refractivity contribution is 0.510. The molecule has 4 heteroatoms. The summed E-state index contributed by atoms with van der Waals surface area (Å²) < 4.78 is 25.3. The monoisotopic (exact) mass is 205 g/mol. The van der Waals surface area contributed by atoms with E-state index in [4.69, 9.17) is 0 Å². The number of hydrogen-bond acceptors (Lipinski definition) is 2. The molecule has 0 bridgehead atoms. The number of sulfonamides is 1. The lowest BCUT2D eigenvalue weighted by Crippen LogP contribution is -2.35. The summed E-state index contributed by atoms with van der Waals surface area (Å²) >= 11 is 0. The largest absolute Gasteiger partial charge is 0.212 e. The van der Waals surface area contributed by atoms with Gasteiger partial charge in [-0.1, -0.05) is 25.7 Å². The van der Waals surface area contributed by atoms with E-state index in [0.29, 0.717) is 0 Å². The first-order chi connectivity index (χ1) is 6.14. The van der Waals surface area contributed by atoms with Crippen molar-refractivity contribution in [1.29, 1.82) is 0 Å². The highest BCUT2D eigenvalue weighted by molar-refractivity contribution is 7.89. The van der Waals surface area contributed by atoms with E-state index >= 15 is 0 Å². The molecule has 1 aliphatic carbocycles. The van der Waals surface area contributed by atoms with E-state index in [9.17, 15) is 8.42 Å². The van der Waals surface area contributed by atoms with Crippen molar-refractivity contribution in [2.75, 3.05) is 5.75 Å². The molecule has 0 radical (unpaired) electrons. The minimum atomic E-state index is -2.99. The van der Waals surface area contributed by atoms with E-state index < -0.39 is 10.0 Å². The molecule has 0 aromatic rings. The molecule has 0 unspecified atom stereocenters. The Hall–Kier alpha value is -0.0900. The van der Waals surface area contributed by atoms with Gasteiger partial charge >= 0.3 is 0 Å². The van der Waals surface area contributed by atoms with E-state index in [1.165, 1.54) is 12.8 Å². The highest BCUT2D eigenvalue weighted by Gasteiger charge is 2.17. The molecule has 0 saturated heterocycles. The van der Waals surface area contributed by atoms with Crippen LogP contribution in [0.4, 0.5) is 0 Å². The van der Waals surface area contributed by atoms with E-state index in [1.807, 2.05) is 0 Å².